The van der Waals surface area contributed by atoms with Crippen molar-refractivity contribution in [1.82, 2.24) is 15.0 Å². The lowest BCUT2D eigenvalue weighted by Crippen LogP contribution is -2.27. The number of ether oxygens (including phenoxy) is 1. The van der Waals surface area contributed by atoms with Crippen molar-refractivity contribution < 1.29 is 4.74 Å². The Labute approximate surface area is 125 Å². The maximum absolute atomic E-state index is 5.96. The van der Waals surface area contributed by atoms with Crippen molar-refractivity contribution in [2.24, 2.45) is 11.8 Å². The SMILES string of the molecule is CCOc1nc(Cl)nc(N2CCCC(C(C)C)CC2)n1. The molecule has 5 nitrogen and oxygen atoms in total. The molecule has 1 aromatic heterocycles. The van der Waals surface area contributed by atoms with Crippen molar-refractivity contribution in [3.05, 3.63) is 5.28 Å². The summed E-state index contributed by atoms with van der Waals surface area (Å²) in [5.41, 5.74) is 0. The predicted octanol–water partition coefficient (Wildman–Crippen LogP) is 3.19. The Hall–Kier alpha value is -1.10. The van der Waals surface area contributed by atoms with E-state index < -0.39 is 0 Å². The molecule has 0 N–H and O–H groups in total. The number of anilines is 1. The fraction of sp³-hybridized carbons (Fsp3) is 0.786. The highest BCUT2D eigenvalue weighted by Gasteiger charge is 2.21. The van der Waals surface area contributed by atoms with Gasteiger partial charge in [0.2, 0.25) is 11.2 Å². The van der Waals surface area contributed by atoms with E-state index in [1.54, 1.807) is 0 Å². The maximum atomic E-state index is 5.96. The normalized spacial score (nSPS) is 20.1. The van der Waals surface area contributed by atoms with Crippen LogP contribution < -0.4 is 9.64 Å². The molecule has 0 amide bonds. The predicted molar refractivity (Wildman–Crippen MR) is 80.4 cm³/mol. The van der Waals surface area contributed by atoms with Crippen LogP contribution in [0.4, 0.5) is 5.95 Å². The summed E-state index contributed by atoms with van der Waals surface area (Å²) in [7, 11) is 0. The van der Waals surface area contributed by atoms with E-state index in [9.17, 15) is 0 Å². The molecule has 112 valence electrons. The number of halogens is 1. The van der Waals surface area contributed by atoms with E-state index in [0.717, 1.165) is 31.3 Å². The van der Waals surface area contributed by atoms with E-state index in [0.29, 0.717) is 18.6 Å². The quantitative estimate of drug-likeness (QED) is 0.854. The van der Waals surface area contributed by atoms with Gasteiger partial charge in [-0.25, -0.2) is 0 Å². The van der Waals surface area contributed by atoms with Gasteiger partial charge in [0.1, 0.15) is 0 Å². The molecule has 1 aliphatic rings. The Morgan fingerprint density at radius 2 is 2.05 bits per heavy atom. The van der Waals surface area contributed by atoms with Gasteiger partial charge in [-0.05, 0) is 49.6 Å². The Balaban J connectivity index is 2.11. The van der Waals surface area contributed by atoms with E-state index >= 15 is 0 Å². The molecular formula is C14H23ClN4O. The summed E-state index contributed by atoms with van der Waals surface area (Å²) in [6.45, 7) is 8.95. The van der Waals surface area contributed by atoms with Gasteiger partial charge in [0.15, 0.2) is 0 Å². The van der Waals surface area contributed by atoms with E-state index in [4.69, 9.17) is 16.3 Å². The molecule has 0 bridgehead atoms. The van der Waals surface area contributed by atoms with Crippen molar-refractivity contribution in [2.45, 2.75) is 40.0 Å². The van der Waals surface area contributed by atoms with Crippen LogP contribution in [0.15, 0.2) is 0 Å². The first-order valence-electron chi connectivity index (χ1n) is 7.39. The molecular weight excluding hydrogens is 276 g/mol. The number of aromatic nitrogens is 3. The molecule has 0 radical (unpaired) electrons. The Kier molecular flexibility index (Phi) is 5.40. The third-order valence-corrected chi connectivity index (χ3v) is 4.02. The fourth-order valence-corrected chi connectivity index (χ4v) is 2.79. The highest BCUT2D eigenvalue weighted by Crippen LogP contribution is 2.26. The monoisotopic (exact) mass is 298 g/mol. The summed E-state index contributed by atoms with van der Waals surface area (Å²) >= 11 is 5.96. The summed E-state index contributed by atoms with van der Waals surface area (Å²) < 4.78 is 5.34. The molecule has 1 aliphatic heterocycles. The first kappa shape index (κ1) is 15.3. The van der Waals surface area contributed by atoms with Crippen LogP contribution in [0.25, 0.3) is 0 Å². The minimum atomic E-state index is 0.197. The molecule has 1 saturated heterocycles. The second kappa shape index (κ2) is 7.07. The maximum Gasteiger partial charge on any atom is 0.322 e. The summed E-state index contributed by atoms with van der Waals surface area (Å²) in [5, 5.41) is 0.197. The second-order valence-corrected chi connectivity index (χ2v) is 5.88. The Bertz CT molecular complexity index is 441. The van der Waals surface area contributed by atoms with Gasteiger partial charge in [0.05, 0.1) is 6.61 Å². The summed E-state index contributed by atoms with van der Waals surface area (Å²) in [6.07, 6.45) is 3.60. The number of hydrogen-bond acceptors (Lipinski definition) is 5. The van der Waals surface area contributed by atoms with Gasteiger partial charge in [-0.1, -0.05) is 13.8 Å². The Morgan fingerprint density at radius 1 is 1.25 bits per heavy atom. The molecule has 0 aliphatic carbocycles. The Morgan fingerprint density at radius 3 is 2.75 bits per heavy atom. The van der Waals surface area contributed by atoms with E-state index in [2.05, 4.69) is 33.7 Å². The van der Waals surface area contributed by atoms with Gasteiger partial charge in [-0.2, -0.15) is 15.0 Å². The van der Waals surface area contributed by atoms with Gasteiger partial charge >= 0.3 is 6.01 Å². The molecule has 2 heterocycles. The fourth-order valence-electron chi connectivity index (χ4n) is 2.65. The second-order valence-electron chi connectivity index (χ2n) is 5.54. The average molecular weight is 299 g/mol. The zero-order valence-corrected chi connectivity index (χ0v) is 13.2. The zero-order chi connectivity index (χ0) is 14.5. The van der Waals surface area contributed by atoms with Crippen LogP contribution in [0.1, 0.15) is 40.0 Å². The van der Waals surface area contributed by atoms with Crippen molar-refractivity contribution in [2.75, 3.05) is 24.6 Å². The van der Waals surface area contributed by atoms with Gasteiger partial charge in [-0.3, -0.25) is 0 Å². The van der Waals surface area contributed by atoms with Gasteiger partial charge < -0.3 is 9.64 Å². The molecule has 1 fully saturated rings. The molecule has 0 saturated carbocycles. The molecule has 0 aromatic carbocycles. The van der Waals surface area contributed by atoms with Crippen molar-refractivity contribution in [1.29, 1.82) is 0 Å². The van der Waals surface area contributed by atoms with Gasteiger partial charge in [0.25, 0.3) is 0 Å². The average Bonchev–Trinajstić information content (AvgIpc) is 2.64. The van der Waals surface area contributed by atoms with Crippen molar-refractivity contribution >= 4 is 17.5 Å². The zero-order valence-electron chi connectivity index (χ0n) is 12.5. The molecule has 2 rings (SSSR count). The minimum Gasteiger partial charge on any atom is -0.464 e. The van der Waals surface area contributed by atoms with Crippen LogP contribution in [0.2, 0.25) is 5.28 Å². The molecule has 6 heteroatoms. The van der Waals surface area contributed by atoms with E-state index in [-0.39, 0.29) is 5.28 Å². The van der Waals surface area contributed by atoms with Crippen LogP contribution in [0.3, 0.4) is 0 Å². The van der Waals surface area contributed by atoms with Crippen LogP contribution in [0, 0.1) is 11.8 Å². The smallest absolute Gasteiger partial charge is 0.322 e. The lowest BCUT2D eigenvalue weighted by molar-refractivity contribution is 0.311. The highest BCUT2D eigenvalue weighted by molar-refractivity contribution is 6.28. The highest BCUT2D eigenvalue weighted by atomic mass is 35.5. The molecule has 1 aromatic rings. The topological polar surface area (TPSA) is 51.1 Å². The minimum absolute atomic E-state index is 0.197. The number of hydrogen-bond donors (Lipinski definition) is 0. The third kappa shape index (κ3) is 3.95. The first-order valence-corrected chi connectivity index (χ1v) is 7.77. The van der Waals surface area contributed by atoms with Crippen LogP contribution >= 0.6 is 11.6 Å². The first-order chi connectivity index (χ1) is 9.60. The number of nitrogens with zero attached hydrogens (tertiary/aromatic N) is 4. The summed E-state index contributed by atoms with van der Waals surface area (Å²) in [5.74, 6) is 2.15. The number of rotatable bonds is 4. The summed E-state index contributed by atoms with van der Waals surface area (Å²) in [4.78, 5) is 14.8. The van der Waals surface area contributed by atoms with Crippen LogP contribution in [-0.4, -0.2) is 34.6 Å². The van der Waals surface area contributed by atoms with E-state index in [1.807, 2.05) is 6.92 Å². The largest absolute Gasteiger partial charge is 0.464 e. The van der Waals surface area contributed by atoms with Gasteiger partial charge in [0, 0.05) is 13.1 Å². The van der Waals surface area contributed by atoms with E-state index in [1.165, 1.54) is 12.8 Å². The van der Waals surface area contributed by atoms with Gasteiger partial charge in [-0.15, -0.1) is 0 Å². The lowest BCUT2D eigenvalue weighted by Gasteiger charge is -2.21. The molecule has 1 unspecified atom stereocenters. The van der Waals surface area contributed by atoms with Crippen LogP contribution in [0.5, 0.6) is 6.01 Å². The molecule has 1 atom stereocenters. The van der Waals surface area contributed by atoms with Crippen molar-refractivity contribution in [3.8, 4) is 6.01 Å². The lowest BCUT2D eigenvalue weighted by atomic mass is 9.89. The summed E-state index contributed by atoms with van der Waals surface area (Å²) in [6, 6.07) is 0.312. The third-order valence-electron chi connectivity index (χ3n) is 3.85. The molecule has 20 heavy (non-hydrogen) atoms. The van der Waals surface area contributed by atoms with Crippen LogP contribution in [-0.2, 0) is 0 Å². The van der Waals surface area contributed by atoms with Crippen molar-refractivity contribution in [3.63, 3.8) is 0 Å². The standard InChI is InChI=1S/C14H23ClN4O/c1-4-20-14-17-12(15)16-13(18-14)19-8-5-6-11(7-9-19)10(2)3/h10-11H,4-9H2,1-3H3. The molecule has 0 spiro atoms.